The maximum absolute atomic E-state index is 13.6. The molecule has 0 spiro atoms. The summed E-state index contributed by atoms with van der Waals surface area (Å²) in [5, 5.41) is 0.423. The first-order chi connectivity index (χ1) is 12.8. The van der Waals surface area contributed by atoms with Crippen molar-refractivity contribution in [3.8, 4) is 0 Å². The molecule has 1 saturated carbocycles. The zero-order chi connectivity index (χ0) is 19.8. The summed E-state index contributed by atoms with van der Waals surface area (Å²) < 4.78 is 0. The van der Waals surface area contributed by atoms with Gasteiger partial charge in [-0.3, -0.25) is 19.3 Å². The van der Waals surface area contributed by atoms with E-state index in [9.17, 15) is 14.4 Å². The zero-order valence-corrected chi connectivity index (χ0v) is 17.0. The molecule has 2 aliphatic rings. The van der Waals surface area contributed by atoms with Crippen molar-refractivity contribution in [2.45, 2.75) is 69.9 Å². The molecule has 1 aromatic rings. The van der Waals surface area contributed by atoms with Gasteiger partial charge in [0.15, 0.2) is 0 Å². The standard InChI is InChI=1S/C21H27ClN2O3/c1-14(2)23(3)18(25)12-21(16-10-6-7-11-17(16)22)13-19(26)24(20(21)27)15-8-4-5-9-15/h6-7,10-11,14-15H,4-5,8-9,12-13H2,1-3H3/t21-/m1/s1. The molecule has 27 heavy (non-hydrogen) atoms. The third-order valence-corrected chi connectivity index (χ3v) is 6.38. The number of hydrogen-bond acceptors (Lipinski definition) is 3. The maximum Gasteiger partial charge on any atom is 0.241 e. The minimum atomic E-state index is -1.21. The molecule has 1 aliphatic heterocycles. The summed E-state index contributed by atoms with van der Waals surface area (Å²) in [4.78, 5) is 42.4. The minimum absolute atomic E-state index is 0.00371. The lowest BCUT2D eigenvalue weighted by atomic mass is 9.75. The number of amides is 3. The largest absolute Gasteiger partial charge is 0.343 e. The van der Waals surface area contributed by atoms with E-state index in [2.05, 4.69) is 0 Å². The fraction of sp³-hybridized carbons (Fsp3) is 0.571. The molecule has 1 heterocycles. The minimum Gasteiger partial charge on any atom is -0.343 e. The van der Waals surface area contributed by atoms with Crippen molar-refractivity contribution in [2.24, 2.45) is 0 Å². The van der Waals surface area contributed by atoms with Gasteiger partial charge < -0.3 is 4.90 Å². The molecule has 3 rings (SSSR count). The molecule has 146 valence electrons. The second-order valence-corrected chi connectivity index (χ2v) is 8.43. The Morgan fingerprint density at radius 2 is 1.89 bits per heavy atom. The van der Waals surface area contributed by atoms with Gasteiger partial charge in [-0.1, -0.05) is 42.6 Å². The second kappa shape index (κ2) is 7.63. The summed E-state index contributed by atoms with van der Waals surface area (Å²) in [6, 6.07) is 7.04. The summed E-state index contributed by atoms with van der Waals surface area (Å²) in [5.41, 5.74) is -0.630. The number of likely N-dealkylation sites (tertiary alicyclic amines) is 1. The highest BCUT2D eigenvalue weighted by Gasteiger charge is 2.56. The molecule has 0 N–H and O–H groups in total. The normalized spacial score (nSPS) is 23.5. The lowest BCUT2D eigenvalue weighted by Crippen LogP contribution is -2.46. The Balaban J connectivity index is 2.03. The summed E-state index contributed by atoms with van der Waals surface area (Å²) in [6.45, 7) is 3.85. The average molecular weight is 391 g/mol. The van der Waals surface area contributed by atoms with E-state index in [1.807, 2.05) is 13.8 Å². The van der Waals surface area contributed by atoms with Gasteiger partial charge in [-0.25, -0.2) is 0 Å². The molecule has 1 aromatic carbocycles. The quantitative estimate of drug-likeness (QED) is 0.722. The SMILES string of the molecule is CC(C)N(C)C(=O)C[C@]1(c2ccccc2Cl)CC(=O)N(C2CCCC2)C1=O. The predicted molar refractivity (Wildman–Crippen MR) is 104 cm³/mol. The molecule has 1 saturated heterocycles. The fourth-order valence-corrected chi connectivity index (χ4v) is 4.58. The number of imide groups is 1. The van der Waals surface area contributed by atoms with Gasteiger partial charge in [0.2, 0.25) is 17.7 Å². The second-order valence-electron chi connectivity index (χ2n) is 8.02. The topological polar surface area (TPSA) is 57.7 Å². The van der Waals surface area contributed by atoms with Crippen LogP contribution in [0.15, 0.2) is 24.3 Å². The number of halogens is 1. The van der Waals surface area contributed by atoms with Crippen LogP contribution in [0, 0.1) is 0 Å². The maximum atomic E-state index is 13.6. The number of nitrogens with zero attached hydrogens (tertiary/aromatic N) is 2. The van der Waals surface area contributed by atoms with Crippen molar-refractivity contribution in [2.75, 3.05) is 7.05 Å². The summed E-state index contributed by atoms with van der Waals surface area (Å²) in [6.07, 6.45) is 3.69. The molecule has 2 fully saturated rings. The molecular formula is C21H27ClN2O3. The van der Waals surface area contributed by atoms with Crippen molar-refractivity contribution in [3.63, 3.8) is 0 Å². The van der Waals surface area contributed by atoms with Crippen molar-refractivity contribution < 1.29 is 14.4 Å². The van der Waals surface area contributed by atoms with E-state index in [4.69, 9.17) is 11.6 Å². The first-order valence-electron chi connectivity index (χ1n) is 9.65. The molecule has 0 radical (unpaired) electrons. The lowest BCUT2D eigenvalue weighted by molar-refractivity contribution is -0.144. The average Bonchev–Trinajstić information content (AvgIpc) is 3.22. The Morgan fingerprint density at radius 1 is 1.26 bits per heavy atom. The van der Waals surface area contributed by atoms with Crippen LogP contribution in [0.4, 0.5) is 0 Å². The van der Waals surface area contributed by atoms with E-state index in [0.717, 1.165) is 25.7 Å². The smallest absolute Gasteiger partial charge is 0.241 e. The van der Waals surface area contributed by atoms with Crippen LogP contribution in [0.5, 0.6) is 0 Å². The van der Waals surface area contributed by atoms with Crippen molar-refractivity contribution >= 4 is 29.3 Å². The van der Waals surface area contributed by atoms with Gasteiger partial charge in [0.05, 0.1) is 5.41 Å². The third kappa shape index (κ3) is 3.49. The van der Waals surface area contributed by atoms with Crippen LogP contribution in [0.1, 0.15) is 57.9 Å². The van der Waals surface area contributed by atoms with Crippen LogP contribution in [0.2, 0.25) is 5.02 Å². The van der Waals surface area contributed by atoms with Crippen LogP contribution in [-0.2, 0) is 19.8 Å². The highest BCUT2D eigenvalue weighted by molar-refractivity contribution is 6.32. The predicted octanol–water partition coefficient (Wildman–Crippen LogP) is 3.54. The van der Waals surface area contributed by atoms with Gasteiger partial charge in [0.25, 0.3) is 0 Å². The number of benzene rings is 1. The molecule has 0 unspecified atom stereocenters. The first kappa shape index (κ1) is 19.9. The number of rotatable bonds is 5. The van der Waals surface area contributed by atoms with Gasteiger partial charge in [-0.15, -0.1) is 0 Å². The molecule has 1 atom stereocenters. The van der Waals surface area contributed by atoms with E-state index >= 15 is 0 Å². The summed E-state index contributed by atoms with van der Waals surface area (Å²) >= 11 is 6.43. The van der Waals surface area contributed by atoms with E-state index in [-0.39, 0.29) is 42.6 Å². The van der Waals surface area contributed by atoms with E-state index in [1.54, 1.807) is 36.2 Å². The third-order valence-electron chi connectivity index (χ3n) is 6.05. The highest BCUT2D eigenvalue weighted by atomic mass is 35.5. The molecule has 5 nitrogen and oxygen atoms in total. The summed E-state index contributed by atoms with van der Waals surface area (Å²) in [7, 11) is 1.73. The lowest BCUT2D eigenvalue weighted by Gasteiger charge is -2.32. The van der Waals surface area contributed by atoms with Crippen molar-refractivity contribution in [1.82, 2.24) is 9.80 Å². The number of carbonyl (C=O) groups excluding carboxylic acids is 3. The van der Waals surface area contributed by atoms with Crippen LogP contribution >= 0.6 is 11.6 Å². The van der Waals surface area contributed by atoms with Gasteiger partial charge in [0, 0.05) is 37.0 Å². The van der Waals surface area contributed by atoms with Crippen LogP contribution < -0.4 is 0 Å². The van der Waals surface area contributed by atoms with Gasteiger partial charge in [-0.2, -0.15) is 0 Å². The molecule has 1 aliphatic carbocycles. The molecule has 0 bridgehead atoms. The molecule has 6 heteroatoms. The van der Waals surface area contributed by atoms with Crippen LogP contribution in [-0.4, -0.2) is 46.7 Å². The van der Waals surface area contributed by atoms with E-state index in [1.165, 1.54) is 4.90 Å². The zero-order valence-electron chi connectivity index (χ0n) is 16.2. The number of carbonyl (C=O) groups is 3. The number of hydrogen-bond donors (Lipinski definition) is 0. The van der Waals surface area contributed by atoms with Crippen LogP contribution in [0.3, 0.4) is 0 Å². The molecule has 0 aromatic heterocycles. The summed E-state index contributed by atoms with van der Waals surface area (Å²) in [5.74, 6) is -0.607. The Bertz CT molecular complexity index is 758. The molecular weight excluding hydrogens is 364 g/mol. The first-order valence-corrected chi connectivity index (χ1v) is 10.0. The van der Waals surface area contributed by atoms with Gasteiger partial charge in [-0.05, 0) is 38.3 Å². The Kier molecular flexibility index (Phi) is 5.61. The highest BCUT2D eigenvalue weighted by Crippen LogP contribution is 2.45. The molecule has 3 amide bonds. The Labute approximate surface area is 165 Å². The van der Waals surface area contributed by atoms with Crippen LogP contribution in [0.25, 0.3) is 0 Å². The van der Waals surface area contributed by atoms with Gasteiger partial charge >= 0.3 is 0 Å². The Hall–Kier alpha value is -1.88. The van der Waals surface area contributed by atoms with Crippen molar-refractivity contribution in [1.29, 1.82) is 0 Å². The van der Waals surface area contributed by atoms with Gasteiger partial charge in [0.1, 0.15) is 0 Å². The van der Waals surface area contributed by atoms with E-state index < -0.39 is 5.41 Å². The van der Waals surface area contributed by atoms with E-state index in [0.29, 0.717) is 10.6 Å². The Morgan fingerprint density at radius 3 is 2.48 bits per heavy atom. The fourth-order valence-electron chi connectivity index (χ4n) is 4.26. The van der Waals surface area contributed by atoms with Crippen molar-refractivity contribution in [3.05, 3.63) is 34.9 Å². The monoisotopic (exact) mass is 390 g/mol.